The lowest BCUT2D eigenvalue weighted by atomic mass is 10.1. The number of nitrogens with two attached hydrogens (primary N) is 2. The highest BCUT2D eigenvalue weighted by atomic mass is 16.4. The van der Waals surface area contributed by atoms with E-state index in [1.165, 1.54) is 18.2 Å². The number of rotatable bonds is 4. The summed E-state index contributed by atoms with van der Waals surface area (Å²) in [6.07, 6.45) is 0.114. The Morgan fingerprint density at radius 2 is 1.68 bits per heavy atom. The molecule has 1 rings (SSSR count). The summed E-state index contributed by atoms with van der Waals surface area (Å²) in [7, 11) is 0. The maximum absolute atomic E-state index is 10.4. The van der Waals surface area contributed by atoms with E-state index in [1.807, 2.05) is 0 Å². The summed E-state index contributed by atoms with van der Waals surface area (Å²) in [5.74, 6) is -2.58. The van der Waals surface area contributed by atoms with E-state index < -0.39 is 18.0 Å². The van der Waals surface area contributed by atoms with Crippen molar-refractivity contribution in [1.82, 2.24) is 0 Å². The van der Waals surface area contributed by atoms with Gasteiger partial charge in [-0.1, -0.05) is 6.07 Å². The first-order chi connectivity index (χ1) is 8.77. The summed E-state index contributed by atoms with van der Waals surface area (Å²) in [6, 6.07) is 3.09. The van der Waals surface area contributed by atoms with Gasteiger partial charge >= 0.3 is 11.9 Å². The Kier molecular flexibility index (Phi) is 6.94. The van der Waals surface area contributed by atoms with Gasteiger partial charge in [0.15, 0.2) is 11.5 Å². The molecule has 8 heteroatoms. The minimum absolute atomic E-state index is 0.114. The van der Waals surface area contributed by atoms with E-state index in [1.54, 1.807) is 0 Å². The van der Waals surface area contributed by atoms with Gasteiger partial charge in [0.2, 0.25) is 0 Å². The minimum Gasteiger partial charge on any atom is -0.504 e. The van der Waals surface area contributed by atoms with Gasteiger partial charge in [-0.2, -0.15) is 0 Å². The Labute approximate surface area is 108 Å². The Hall–Kier alpha value is -2.32. The molecule has 19 heavy (non-hydrogen) atoms. The Balaban J connectivity index is 0.000000555. The van der Waals surface area contributed by atoms with E-state index in [0.717, 1.165) is 0 Å². The van der Waals surface area contributed by atoms with Crippen LogP contribution in [-0.4, -0.2) is 45.0 Å². The molecule has 1 aromatic rings. The SMILES string of the molecule is NC(Cc1ccc(O)c(O)c1)C(=O)O.NCC(=O)O. The number of benzene rings is 1. The van der Waals surface area contributed by atoms with Crippen LogP contribution in [0.25, 0.3) is 0 Å². The second kappa shape index (κ2) is 7.90. The van der Waals surface area contributed by atoms with Crippen molar-refractivity contribution in [3.63, 3.8) is 0 Å². The number of hydrogen-bond donors (Lipinski definition) is 6. The number of carboxylic acid groups (broad SMARTS) is 2. The van der Waals surface area contributed by atoms with E-state index in [4.69, 9.17) is 26.2 Å². The molecule has 0 aliphatic carbocycles. The largest absolute Gasteiger partial charge is 0.504 e. The molecule has 106 valence electrons. The van der Waals surface area contributed by atoms with Crippen LogP contribution in [0, 0.1) is 0 Å². The summed E-state index contributed by atoms with van der Waals surface area (Å²) in [6.45, 7) is -0.278. The Bertz CT molecular complexity index is 449. The third kappa shape index (κ3) is 6.86. The van der Waals surface area contributed by atoms with Crippen molar-refractivity contribution >= 4 is 11.9 Å². The molecule has 0 aliphatic rings. The number of phenols is 2. The summed E-state index contributed by atoms with van der Waals surface area (Å²) in [5.41, 5.74) is 10.4. The first kappa shape index (κ1) is 16.7. The third-order valence-corrected chi connectivity index (χ3v) is 1.99. The number of carboxylic acids is 2. The van der Waals surface area contributed by atoms with Crippen molar-refractivity contribution in [3.8, 4) is 11.5 Å². The van der Waals surface area contributed by atoms with Gasteiger partial charge in [0.25, 0.3) is 0 Å². The summed E-state index contributed by atoms with van der Waals surface area (Å²) in [4.78, 5) is 19.7. The van der Waals surface area contributed by atoms with Crippen molar-refractivity contribution in [2.75, 3.05) is 6.54 Å². The van der Waals surface area contributed by atoms with Crippen molar-refractivity contribution in [2.24, 2.45) is 11.5 Å². The van der Waals surface area contributed by atoms with E-state index in [0.29, 0.717) is 5.56 Å². The van der Waals surface area contributed by atoms with Crippen LogP contribution < -0.4 is 11.5 Å². The van der Waals surface area contributed by atoms with Crippen LogP contribution in [0.3, 0.4) is 0 Å². The molecule has 8 N–H and O–H groups in total. The van der Waals surface area contributed by atoms with Gasteiger partial charge in [-0.25, -0.2) is 0 Å². The lowest BCUT2D eigenvalue weighted by molar-refractivity contribution is -0.138. The van der Waals surface area contributed by atoms with Gasteiger partial charge < -0.3 is 31.9 Å². The number of hydrogen-bond acceptors (Lipinski definition) is 6. The fourth-order valence-electron chi connectivity index (χ4n) is 1.04. The maximum Gasteiger partial charge on any atom is 0.320 e. The molecular weight excluding hydrogens is 256 g/mol. The molecule has 0 spiro atoms. The van der Waals surface area contributed by atoms with Gasteiger partial charge in [-0.05, 0) is 24.1 Å². The molecule has 1 atom stereocenters. The van der Waals surface area contributed by atoms with Gasteiger partial charge in [0, 0.05) is 0 Å². The van der Waals surface area contributed by atoms with E-state index >= 15 is 0 Å². The summed E-state index contributed by atoms with van der Waals surface area (Å²) in [5, 5.41) is 34.2. The van der Waals surface area contributed by atoms with Gasteiger partial charge in [-0.15, -0.1) is 0 Å². The average Bonchev–Trinajstić information content (AvgIpc) is 2.34. The zero-order chi connectivity index (χ0) is 15.0. The summed E-state index contributed by atoms with van der Waals surface area (Å²) < 4.78 is 0. The van der Waals surface area contributed by atoms with Crippen LogP contribution in [0.2, 0.25) is 0 Å². The molecule has 0 saturated heterocycles. The molecule has 0 aliphatic heterocycles. The van der Waals surface area contributed by atoms with E-state index in [2.05, 4.69) is 5.73 Å². The topological polar surface area (TPSA) is 167 Å². The predicted molar refractivity (Wildman–Crippen MR) is 65.8 cm³/mol. The van der Waals surface area contributed by atoms with Crippen molar-refractivity contribution < 1.29 is 30.0 Å². The van der Waals surface area contributed by atoms with Crippen LogP contribution >= 0.6 is 0 Å². The fourth-order valence-corrected chi connectivity index (χ4v) is 1.04. The lowest BCUT2D eigenvalue weighted by Gasteiger charge is -2.06. The molecule has 1 unspecified atom stereocenters. The van der Waals surface area contributed by atoms with Gasteiger partial charge in [0.1, 0.15) is 6.04 Å². The molecule has 8 nitrogen and oxygen atoms in total. The van der Waals surface area contributed by atoms with Gasteiger partial charge in [0.05, 0.1) is 6.54 Å². The molecule has 0 amide bonds. The lowest BCUT2D eigenvalue weighted by Crippen LogP contribution is -2.32. The molecular formula is C11H16N2O6. The van der Waals surface area contributed by atoms with Crippen LogP contribution in [0.4, 0.5) is 0 Å². The smallest absolute Gasteiger partial charge is 0.320 e. The quantitative estimate of drug-likeness (QED) is 0.382. The normalized spacial score (nSPS) is 11.1. The third-order valence-electron chi connectivity index (χ3n) is 1.99. The first-order valence-corrected chi connectivity index (χ1v) is 5.19. The average molecular weight is 272 g/mol. The van der Waals surface area contributed by atoms with Crippen molar-refractivity contribution in [3.05, 3.63) is 23.8 Å². The van der Waals surface area contributed by atoms with E-state index in [-0.39, 0.29) is 24.5 Å². The molecule has 1 aromatic carbocycles. The van der Waals surface area contributed by atoms with Crippen LogP contribution in [0.1, 0.15) is 5.56 Å². The number of phenolic OH excluding ortho intramolecular Hbond substituents is 2. The molecule has 0 aromatic heterocycles. The highest BCUT2D eigenvalue weighted by Crippen LogP contribution is 2.25. The highest BCUT2D eigenvalue weighted by molar-refractivity contribution is 5.73. The van der Waals surface area contributed by atoms with E-state index in [9.17, 15) is 9.59 Å². The second-order valence-corrected chi connectivity index (χ2v) is 3.57. The predicted octanol–water partition coefficient (Wildman–Crippen LogP) is -0.918. The summed E-state index contributed by atoms with van der Waals surface area (Å²) >= 11 is 0. The maximum atomic E-state index is 10.4. The first-order valence-electron chi connectivity index (χ1n) is 5.19. The van der Waals surface area contributed by atoms with Crippen LogP contribution in [0.15, 0.2) is 18.2 Å². The molecule has 0 heterocycles. The number of aliphatic carboxylic acids is 2. The molecule has 0 radical (unpaired) electrons. The van der Waals surface area contributed by atoms with Gasteiger partial charge in [-0.3, -0.25) is 9.59 Å². The standard InChI is InChI=1S/C9H11NO4.C2H5NO2/c10-6(9(13)14)3-5-1-2-7(11)8(12)4-5;3-1-2(4)5/h1-2,4,6,11-12H,3,10H2,(H,13,14);1,3H2,(H,4,5). The molecule has 0 bridgehead atoms. The number of carbonyl (C=O) groups is 2. The second-order valence-electron chi connectivity index (χ2n) is 3.57. The Morgan fingerprint density at radius 1 is 1.16 bits per heavy atom. The fraction of sp³-hybridized carbons (Fsp3) is 0.273. The Morgan fingerprint density at radius 3 is 2.05 bits per heavy atom. The number of aromatic hydroxyl groups is 2. The minimum atomic E-state index is -1.10. The zero-order valence-electron chi connectivity index (χ0n) is 9.98. The molecule has 0 saturated carbocycles. The monoisotopic (exact) mass is 272 g/mol. The zero-order valence-corrected chi connectivity index (χ0v) is 9.98. The van der Waals surface area contributed by atoms with Crippen LogP contribution in [0.5, 0.6) is 11.5 Å². The van der Waals surface area contributed by atoms with Crippen molar-refractivity contribution in [1.29, 1.82) is 0 Å². The highest BCUT2D eigenvalue weighted by Gasteiger charge is 2.12. The van der Waals surface area contributed by atoms with Crippen LogP contribution in [-0.2, 0) is 16.0 Å². The van der Waals surface area contributed by atoms with Crippen molar-refractivity contribution in [2.45, 2.75) is 12.5 Å². The molecule has 0 fully saturated rings.